The molecule has 242 valence electrons. The summed E-state index contributed by atoms with van der Waals surface area (Å²) in [5, 5.41) is 3.01. The first-order valence-electron chi connectivity index (χ1n) is 15.1. The van der Waals surface area contributed by atoms with Gasteiger partial charge in [0.2, 0.25) is 11.8 Å². The van der Waals surface area contributed by atoms with Crippen LogP contribution in [0.25, 0.3) is 0 Å². The molecule has 0 fully saturated rings. The predicted octanol–water partition coefficient (Wildman–Crippen LogP) is 5.97. The summed E-state index contributed by atoms with van der Waals surface area (Å²) in [5.41, 5.74) is 1.23. The van der Waals surface area contributed by atoms with E-state index in [-0.39, 0.29) is 29.5 Å². The highest BCUT2D eigenvalue weighted by Crippen LogP contribution is 2.27. The maximum absolute atomic E-state index is 14.5. The molecule has 0 aliphatic heterocycles. The highest BCUT2D eigenvalue weighted by atomic mass is 32.2. The zero-order valence-corrected chi connectivity index (χ0v) is 27.3. The number of ether oxygens (including phenoxy) is 1. The van der Waals surface area contributed by atoms with Crippen LogP contribution in [-0.4, -0.2) is 49.9 Å². The van der Waals surface area contributed by atoms with Gasteiger partial charge in [-0.1, -0.05) is 60.7 Å². The van der Waals surface area contributed by atoms with Crippen LogP contribution < -0.4 is 14.4 Å². The van der Waals surface area contributed by atoms with E-state index >= 15 is 0 Å². The minimum absolute atomic E-state index is 0.0580. The van der Waals surface area contributed by atoms with E-state index in [0.29, 0.717) is 12.4 Å². The third kappa shape index (κ3) is 9.17. The van der Waals surface area contributed by atoms with Gasteiger partial charge < -0.3 is 15.0 Å². The van der Waals surface area contributed by atoms with E-state index in [1.165, 1.54) is 4.90 Å². The number of carbonyl (C=O) groups excluding carboxylic acids is 2. The molecule has 0 saturated heterocycles. The molecule has 0 heterocycles. The van der Waals surface area contributed by atoms with Crippen LogP contribution >= 0.6 is 0 Å². The molecule has 0 unspecified atom stereocenters. The van der Waals surface area contributed by atoms with Gasteiger partial charge in [0.25, 0.3) is 10.0 Å². The average Bonchev–Trinajstić information content (AvgIpc) is 3.02. The zero-order valence-electron chi connectivity index (χ0n) is 26.5. The van der Waals surface area contributed by atoms with Crippen LogP contribution in [0.2, 0.25) is 0 Å². The lowest BCUT2D eigenvalue weighted by atomic mass is 10.0. The molecule has 0 spiro atoms. The van der Waals surface area contributed by atoms with E-state index in [9.17, 15) is 22.4 Å². The molecule has 8 nitrogen and oxygen atoms in total. The minimum Gasteiger partial charge on any atom is -0.494 e. The zero-order chi connectivity index (χ0) is 33.3. The summed E-state index contributed by atoms with van der Waals surface area (Å²) >= 11 is 0. The normalized spacial score (nSPS) is 12.2. The topological polar surface area (TPSA) is 96.0 Å². The molecule has 46 heavy (non-hydrogen) atoms. The summed E-state index contributed by atoms with van der Waals surface area (Å²) in [6.45, 7) is 7.27. The van der Waals surface area contributed by atoms with Crippen LogP contribution in [0.5, 0.6) is 5.75 Å². The van der Waals surface area contributed by atoms with Gasteiger partial charge >= 0.3 is 0 Å². The summed E-state index contributed by atoms with van der Waals surface area (Å²) in [6.07, 6.45) is 0.203. The van der Waals surface area contributed by atoms with Crippen molar-refractivity contribution in [2.45, 2.75) is 57.1 Å². The maximum atomic E-state index is 14.5. The highest BCUT2D eigenvalue weighted by Gasteiger charge is 2.35. The second-order valence-corrected chi connectivity index (χ2v) is 13.7. The van der Waals surface area contributed by atoms with E-state index in [1.54, 1.807) is 24.3 Å². The number of sulfonamides is 1. The molecule has 1 N–H and O–H groups in total. The Morgan fingerprint density at radius 1 is 0.826 bits per heavy atom. The van der Waals surface area contributed by atoms with Gasteiger partial charge in [0.05, 0.1) is 17.2 Å². The van der Waals surface area contributed by atoms with E-state index in [4.69, 9.17) is 4.74 Å². The van der Waals surface area contributed by atoms with E-state index in [1.807, 2.05) is 88.4 Å². The number of hydrogen-bond acceptors (Lipinski definition) is 5. The molecule has 2 amide bonds. The quantitative estimate of drug-likeness (QED) is 0.193. The Morgan fingerprint density at radius 2 is 1.39 bits per heavy atom. The first kappa shape index (κ1) is 34.2. The lowest BCUT2D eigenvalue weighted by Gasteiger charge is -2.35. The van der Waals surface area contributed by atoms with E-state index in [2.05, 4.69) is 5.32 Å². The number of rotatable bonds is 13. The Hall–Kier alpha value is -4.70. The molecule has 4 aromatic rings. The van der Waals surface area contributed by atoms with Crippen LogP contribution in [0.4, 0.5) is 10.1 Å². The molecular formula is C36H40FN3O5S. The van der Waals surface area contributed by atoms with Gasteiger partial charge in [-0.3, -0.25) is 13.9 Å². The Bertz CT molecular complexity index is 1690. The Labute approximate surface area is 270 Å². The van der Waals surface area contributed by atoms with Crippen molar-refractivity contribution in [2.75, 3.05) is 17.5 Å². The Morgan fingerprint density at radius 3 is 1.93 bits per heavy atom. The molecule has 0 bridgehead atoms. The molecule has 4 rings (SSSR count). The maximum Gasteiger partial charge on any atom is 0.264 e. The minimum atomic E-state index is -4.35. The number of nitrogens with zero attached hydrogens (tertiary/aromatic N) is 2. The van der Waals surface area contributed by atoms with Crippen molar-refractivity contribution in [3.8, 4) is 5.75 Å². The molecule has 1 atom stereocenters. The SMILES string of the molecule is CCOc1ccc(N(CC(=O)N(Cc2ccccc2)[C@@H](Cc2ccccc2)C(=O)NC(C)(C)C)S(=O)(=O)c2ccc(F)cc2)cc1. The number of benzene rings is 4. The molecule has 0 saturated carbocycles. The van der Waals surface area contributed by atoms with Crippen LogP contribution in [0.3, 0.4) is 0 Å². The number of carbonyl (C=O) groups is 2. The standard InChI is InChI=1S/C36H40FN3O5S/c1-5-45-31-20-18-30(19-21-31)40(46(43,44)32-22-16-29(37)17-23-32)26-34(41)39(25-28-14-10-7-11-15-28)33(35(42)38-36(2,3)4)24-27-12-8-6-9-13-27/h6-23,33H,5,24-26H2,1-4H3,(H,38,42)/t33-/m0/s1. The summed E-state index contributed by atoms with van der Waals surface area (Å²) in [5.74, 6) is -1.02. The third-order valence-corrected chi connectivity index (χ3v) is 8.87. The Kier molecular flexibility index (Phi) is 11.2. The second-order valence-electron chi connectivity index (χ2n) is 11.8. The predicted molar refractivity (Wildman–Crippen MR) is 177 cm³/mol. The van der Waals surface area contributed by atoms with Crippen molar-refractivity contribution < 1.29 is 27.1 Å². The fraction of sp³-hybridized carbons (Fsp3) is 0.278. The van der Waals surface area contributed by atoms with E-state index < -0.39 is 39.9 Å². The molecule has 0 radical (unpaired) electrons. The van der Waals surface area contributed by atoms with Crippen LogP contribution in [0.15, 0.2) is 114 Å². The molecule has 0 aromatic heterocycles. The molecule has 0 aliphatic carbocycles. The molecular weight excluding hydrogens is 605 g/mol. The van der Waals surface area contributed by atoms with Gasteiger partial charge in [-0.2, -0.15) is 0 Å². The Balaban J connectivity index is 1.80. The molecule has 0 aliphatic rings. The lowest BCUT2D eigenvalue weighted by molar-refractivity contribution is -0.140. The fourth-order valence-electron chi connectivity index (χ4n) is 4.92. The highest BCUT2D eigenvalue weighted by molar-refractivity contribution is 7.92. The first-order valence-corrected chi connectivity index (χ1v) is 16.5. The van der Waals surface area contributed by atoms with Crippen LogP contribution in [0, 0.1) is 5.82 Å². The van der Waals surface area contributed by atoms with Crippen molar-refractivity contribution in [3.05, 3.63) is 126 Å². The van der Waals surface area contributed by atoms with Gasteiger partial charge in [0, 0.05) is 18.5 Å². The van der Waals surface area contributed by atoms with Crippen molar-refractivity contribution >= 4 is 27.5 Å². The van der Waals surface area contributed by atoms with Crippen molar-refractivity contribution in [3.63, 3.8) is 0 Å². The van der Waals surface area contributed by atoms with Gasteiger partial charge in [-0.25, -0.2) is 12.8 Å². The van der Waals surface area contributed by atoms with E-state index in [0.717, 1.165) is 39.7 Å². The average molecular weight is 646 g/mol. The van der Waals surface area contributed by atoms with Gasteiger partial charge in [-0.05, 0) is 87.4 Å². The number of hydrogen-bond donors (Lipinski definition) is 1. The largest absolute Gasteiger partial charge is 0.494 e. The summed E-state index contributed by atoms with van der Waals surface area (Å²) < 4.78 is 48.4. The van der Waals surface area contributed by atoms with Crippen LogP contribution in [-0.2, 0) is 32.6 Å². The monoisotopic (exact) mass is 645 g/mol. The van der Waals surface area contributed by atoms with Gasteiger partial charge in [0.15, 0.2) is 0 Å². The fourth-order valence-corrected chi connectivity index (χ4v) is 6.34. The summed E-state index contributed by atoms with van der Waals surface area (Å²) in [6, 6.07) is 28.4. The third-order valence-electron chi connectivity index (χ3n) is 7.08. The lowest BCUT2D eigenvalue weighted by Crippen LogP contribution is -2.56. The van der Waals surface area contributed by atoms with Crippen molar-refractivity contribution in [1.29, 1.82) is 0 Å². The molecule has 4 aromatic carbocycles. The van der Waals surface area contributed by atoms with Crippen molar-refractivity contribution in [1.82, 2.24) is 10.2 Å². The van der Waals surface area contributed by atoms with Crippen molar-refractivity contribution in [2.24, 2.45) is 0 Å². The smallest absolute Gasteiger partial charge is 0.264 e. The van der Waals surface area contributed by atoms with Gasteiger partial charge in [-0.15, -0.1) is 0 Å². The number of halogens is 1. The second kappa shape index (κ2) is 15.1. The molecule has 10 heteroatoms. The summed E-state index contributed by atoms with van der Waals surface area (Å²) in [4.78, 5) is 29.7. The van der Waals surface area contributed by atoms with Gasteiger partial charge in [0.1, 0.15) is 24.2 Å². The van der Waals surface area contributed by atoms with Crippen LogP contribution in [0.1, 0.15) is 38.8 Å². The number of amides is 2. The number of anilines is 1. The summed E-state index contributed by atoms with van der Waals surface area (Å²) in [7, 11) is -4.35. The first-order chi connectivity index (χ1) is 21.9. The number of nitrogens with one attached hydrogen (secondary N) is 1.